The van der Waals surface area contributed by atoms with E-state index < -0.39 is 0 Å². The van der Waals surface area contributed by atoms with Gasteiger partial charge in [0, 0.05) is 13.1 Å². The van der Waals surface area contributed by atoms with Crippen LogP contribution >= 0.6 is 11.6 Å². The average Bonchev–Trinajstić information content (AvgIpc) is 2.38. The van der Waals surface area contributed by atoms with E-state index in [1.807, 2.05) is 0 Å². The van der Waals surface area contributed by atoms with Crippen LogP contribution in [0, 0.1) is 5.92 Å². The highest BCUT2D eigenvalue weighted by Gasteiger charge is 2.20. The normalized spacial score (nSPS) is 17.4. The number of hydrogen-bond acceptors (Lipinski definition) is 4. The van der Waals surface area contributed by atoms with Gasteiger partial charge in [0.1, 0.15) is 0 Å². The van der Waals surface area contributed by atoms with E-state index in [2.05, 4.69) is 27.1 Å². The molecule has 1 saturated heterocycles. The standard InChI is InChI=1S/C12H19ClN4/c1-2-14-7-10-3-5-17(6-4-10)12-15-8-11(13)9-16-12/h8-10,14H,2-7H2,1H3. The van der Waals surface area contributed by atoms with Crippen molar-refractivity contribution in [1.29, 1.82) is 0 Å². The minimum Gasteiger partial charge on any atom is -0.341 e. The van der Waals surface area contributed by atoms with Crippen LogP contribution < -0.4 is 10.2 Å². The Labute approximate surface area is 107 Å². The Bertz CT molecular complexity index is 333. The summed E-state index contributed by atoms with van der Waals surface area (Å²) in [5, 5.41) is 4.01. The molecule has 1 aromatic rings. The zero-order valence-corrected chi connectivity index (χ0v) is 11.0. The van der Waals surface area contributed by atoms with Gasteiger partial charge in [-0.3, -0.25) is 0 Å². The Morgan fingerprint density at radius 3 is 2.59 bits per heavy atom. The van der Waals surface area contributed by atoms with Crippen molar-refractivity contribution in [3.63, 3.8) is 0 Å². The van der Waals surface area contributed by atoms with Crippen molar-refractivity contribution < 1.29 is 0 Å². The molecular weight excluding hydrogens is 236 g/mol. The molecule has 1 aliphatic rings. The summed E-state index contributed by atoms with van der Waals surface area (Å²) in [5.74, 6) is 1.59. The van der Waals surface area contributed by atoms with Crippen LogP contribution in [0.25, 0.3) is 0 Å². The molecule has 5 heteroatoms. The molecule has 0 amide bonds. The smallest absolute Gasteiger partial charge is 0.225 e. The lowest BCUT2D eigenvalue weighted by molar-refractivity contribution is 0.384. The number of nitrogens with one attached hydrogen (secondary N) is 1. The highest BCUT2D eigenvalue weighted by Crippen LogP contribution is 2.20. The minimum atomic E-state index is 0.593. The van der Waals surface area contributed by atoms with E-state index in [9.17, 15) is 0 Å². The molecule has 0 bridgehead atoms. The number of halogens is 1. The van der Waals surface area contributed by atoms with Crippen LogP contribution in [0.2, 0.25) is 5.02 Å². The van der Waals surface area contributed by atoms with E-state index >= 15 is 0 Å². The van der Waals surface area contributed by atoms with Crippen molar-refractivity contribution in [2.45, 2.75) is 19.8 Å². The Balaban J connectivity index is 1.84. The topological polar surface area (TPSA) is 41.0 Å². The van der Waals surface area contributed by atoms with Crippen LogP contribution in [0.5, 0.6) is 0 Å². The Hall–Kier alpha value is -0.870. The molecule has 0 aromatic carbocycles. The van der Waals surface area contributed by atoms with Crippen molar-refractivity contribution in [3.8, 4) is 0 Å². The molecule has 1 aliphatic heterocycles. The highest BCUT2D eigenvalue weighted by molar-refractivity contribution is 6.30. The molecule has 1 fully saturated rings. The summed E-state index contributed by atoms with van der Waals surface area (Å²) in [6.07, 6.45) is 5.74. The van der Waals surface area contributed by atoms with Gasteiger partial charge in [-0.1, -0.05) is 18.5 Å². The molecule has 4 nitrogen and oxygen atoms in total. The highest BCUT2D eigenvalue weighted by atomic mass is 35.5. The van der Waals surface area contributed by atoms with Gasteiger partial charge in [0.05, 0.1) is 17.4 Å². The second kappa shape index (κ2) is 6.17. The predicted octanol–water partition coefficient (Wildman–Crippen LogP) is 1.96. The van der Waals surface area contributed by atoms with Gasteiger partial charge < -0.3 is 10.2 Å². The van der Waals surface area contributed by atoms with Gasteiger partial charge in [0.15, 0.2) is 0 Å². The first-order chi connectivity index (χ1) is 8.29. The maximum atomic E-state index is 5.78. The number of hydrogen-bond donors (Lipinski definition) is 1. The van der Waals surface area contributed by atoms with Gasteiger partial charge in [0.25, 0.3) is 0 Å². The van der Waals surface area contributed by atoms with Gasteiger partial charge in [-0.25, -0.2) is 9.97 Å². The molecule has 0 aliphatic carbocycles. The fourth-order valence-electron chi connectivity index (χ4n) is 2.15. The van der Waals surface area contributed by atoms with Crippen molar-refractivity contribution in [2.75, 3.05) is 31.1 Å². The van der Waals surface area contributed by atoms with E-state index in [4.69, 9.17) is 11.6 Å². The van der Waals surface area contributed by atoms with Crippen molar-refractivity contribution >= 4 is 17.5 Å². The summed E-state index contributed by atoms with van der Waals surface area (Å²) >= 11 is 5.78. The van der Waals surface area contributed by atoms with Gasteiger partial charge in [0.2, 0.25) is 5.95 Å². The largest absolute Gasteiger partial charge is 0.341 e. The molecule has 94 valence electrons. The van der Waals surface area contributed by atoms with E-state index in [0.717, 1.165) is 38.0 Å². The summed E-state index contributed by atoms with van der Waals surface area (Å²) in [6, 6.07) is 0. The van der Waals surface area contributed by atoms with Gasteiger partial charge in [-0.2, -0.15) is 0 Å². The number of aromatic nitrogens is 2. The van der Waals surface area contributed by atoms with E-state index in [-0.39, 0.29) is 0 Å². The van der Waals surface area contributed by atoms with Crippen LogP contribution in [0.1, 0.15) is 19.8 Å². The molecule has 17 heavy (non-hydrogen) atoms. The van der Waals surface area contributed by atoms with E-state index in [1.165, 1.54) is 12.8 Å². The van der Waals surface area contributed by atoms with Gasteiger partial charge >= 0.3 is 0 Å². The van der Waals surface area contributed by atoms with Crippen LogP contribution in [-0.4, -0.2) is 36.1 Å². The minimum absolute atomic E-state index is 0.593. The predicted molar refractivity (Wildman–Crippen MR) is 70.5 cm³/mol. The van der Waals surface area contributed by atoms with Crippen molar-refractivity contribution in [3.05, 3.63) is 17.4 Å². The molecule has 2 heterocycles. The third-order valence-corrected chi connectivity index (χ3v) is 3.38. The van der Waals surface area contributed by atoms with Crippen molar-refractivity contribution in [1.82, 2.24) is 15.3 Å². The Morgan fingerprint density at radius 2 is 2.00 bits per heavy atom. The van der Waals surface area contributed by atoms with Crippen molar-refractivity contribution in [2.24, 2.45) is 5.92 Å². The van der Waals surface area contributed by atoms with Gasteiger partial charge in [-0.05, 0) is 31.8 Å². The summed E-state index contributed by atoms with van der Waals surface area (Å²) in [7, 11) is 0. The lowest BCUT2D eigenvalue weighted by atomic mass is 9.97. The summed E-state index contributed by atoms with van der Waals surface area (Å²) in [6.45, 7) is 6.42. The lowest BCUT2D eigenvalue weighted by Crippen LogP contribution is -2.38. The average molecular weight is 255 g/mol. The monoisotopic (exact) mass is 254 g/mol. The molecule has 0 atom stereocenters. The molecule has 1 N–H and O–H groups in total. The second-order valence-corrected chi connectivity index (χ2v) is 4.88. The Kier molecular flexibility index (Phi) is 4.57. The first-order valence-corrected chi connectivity index (χ1v) is 6.60. The summed E-state index contributed by atoms with van der Waals surface area (Å²) in [4.78, 5) is 10.7. The molecule has 0 unspecified atom stereocenters. The van der Waals surface area contributed by atoms with Gasteiger partial charge in [-0.15, -0.1) is 0 Å². The maximum absolute atomic E-state index is 5.78. The number of nitrogens with zero attached hydrogens (tertiary/aromatic N) is 3. The molecule has 0 radical (unpaired) electrons. The first-order valence-electron chi connectivity index (χ1n) is 6.22. The molecule has 2 rings (SSSR count). The molecule has 0 spiro atoms. The van der Waals surface area contributed by atoms with Crippen LogP contribution in [0.3, 0.4) is 0 Å². The second-order valence-electron chi connectivity index (χ2n) is 4.44. The fraction of sp³-hybridized carbons (Fsp3) is 0.667. The zero-order valence-electron chi connectivity index (χ0n) is 10.2. The quantitative estimate of drug-likeness (QED) is 0.892. The first kappa shape index (κ1) is 12.6. The third-order valence-electron chi connectivity index (χ3n) is 3.19. The third kappa shape index (κ3) is 3.54. The van der Waals surface area contributed by atoms with Crippen LogP contribution in [0.15, 0.2) is 12.4 Å². The van der Waals surface area contributed by atoms with E-state index in [0.29, 0.717) is 5.02 Å². The van der Waals surface area contributed by atoms with Crippen LogP contribution in [-0.2, 0) is 0 Å². The summed E-state index contributed by atoms with van der Waals surface area (Å²) < 4.78 is 0. The summed E-state index contributed by atoms with van der Waals surface area (Å²) in [5.41, 5.74) is 0. The van der Waals surface area contributed by atoms with Crippen LogP contribution in [0.4, 0.5) is 5.95 Å². The molecular formula is C12H19ClN4. The Morgan fingerprint density at radius 1 is 1.35 bits per heavy atom. The van der Waals surface area contributed by atoms with E-state index in [1.54, 1.807) is 12.4 Å². The fourth-order valence-corrected chi connectivity index (χ4v) is 2.25. The lowest BCUT2D eigenvalue weighted by Gasteiger charge is -2.31. The zero-order chi connectivity index (χ0) is 12.1. The molecule has 1 aromatic heterocycles. The SMILES string of the molecule is CCNCC1CCN(c2ncc(Cl)cn2)CC1. The number of piperidine rings is 1. The number of anilines is 1. The molecule has 0 saturated carbocycles. The maximum Gasteiger partial charge on any atom is 0.225 e. The number of rotatable bonds is 4.